The molecule has 7 N–H and O–H groups in total. The number of amides is 3. The Labute approximate surface area is 324 Å². The summed E-state index contributed by atoms with van der Waals surface area (Å²) in [4.78, 5) is 41.1. The van der Waals surface area contributed by atoms with Crippen LogP contribution in [0.2, 0.25) is 0 Å². The fourth-order valence-corrected chi connectivity index (χ4v) is 6.53. The van der Waals surface area contributed by atoms with E-state index in [2.05, 4.69) is 43.2 Å². The lowest BCUT2D eigenvalue weighted by atomic mass is 9.91. The Kier molecular flexibility index (Phi) is 16.2. The van der Waals surface area contributed by atoms with Crippen LogP contribution in [0, 0.1) is 5.92 Å². The van der Waals surface area contributed by atoms with Crippen molar-refractivity contribution in [1.29, 1.82) is 0 Å². The second kappa shape index (κ2) is 20.1. The highest BCUT2D eigenvalue weighted by atomic mass is 16.6. The fourth-order valence-electron chi connectivity index (χ4n) is 6.53. The molecule has 1 heterocycles. The number of anilines is 2. The van der Waals surface area contributed by atoms with Crippen molar-refractivity contribution >= 4 is 35.4 Å². The zero-order chi connectivity index (χ0) is 41.1. The number of carbonyl (C=O) groups is 3. The second-order valence-corrected chi connectivity index (χ2v) is 14.6. The molecule has 0 saturated heterocycles. The molecule has 0 saturated carbocycles. The quantitative estimate of drug-likeness (QED) is 0.0915. The zero-order valence-corrected chi connectivity index (χ0v) is 33.5. The maximum Gasteiger partial charge on any atom is 0.405 e. The number of phenolic OH excluding ortho intramolecular Hbond substituents is 2. The van der Waals surface area contributed by atoms with Crippen molar-refractivity contribution in [3.8, 4) is 11.5 Å². The van der Waals surface area contributed by atoms with Gasteiger partial charge in [0.05, 0.1) is 23.6 Å². The summed E-state index contributed by atoms with van der Waals surface area (Å²) in [5.74, 6) is -2.45. The predicted octanol–water partition coefficient (Wildman–Crippen LogP) is 6.65. The molecular formula is C42H58N4O9. The number of primary amides is 1. The van der Waals surface area contributed by atoms with Gasteiger partial charge < -0.3 is 45.9 Å². The molecule has 5 atom stereocenters. The number of rotatable bonds is 9. The highest BCUT2D eigenvalue weighted by molar-refractivity contribution is 6.09. The summed E-state index contributed by atoms with van der Waals surface area (Å²) in [7, 11) is 2.89. The van der Waals surface area contributed by atoms with Crippen LogP contribution in [0.4, 0.5) is 16.2 Å². The molecule has 1 aliphatic rings. The van der Waals surface area contributed by atoms with Gasteiger partial charge in [0.15, 0.2) is 6.10 Å². The molecule has 3 amide bonds. The van der Waals surface area contributed by atoms with E-state index in [-0.39, 0.29) is 28.9 Å². The van der Waals surface area contributed by atoms with E-state index in [1.54, 1.807) is 64.1 Å². The standard InChI is InChI=1S/C42H58N4O9/c1-23(2)46(24(3)4)22-29-14-16-30(17-15-29)41(51)45-36-31-18-25(5)19-35(54-10)37(48)27(7)20-28(8)39(55-42(43)52)34(53-9)13-11-12-26(6)40(50)44-32(38(31)49)21-33(36)47/h11-18,20-21,23-24,27,34-35,37,39,47-49H,19,22H2,1-10H3,(H2,43,52)(H,44,50)(H,45,51)/t27-,34-,35-,37+,39-/m0/s1. The maximum atomic E-state index is 13.6. The number of aliphatic hydroxyl groups is 1. The molecule has 2 aromatic carbocycles. The van der Waals surface area contributed by atoms with Crippen LogP contribution in [-0.2, 0) is 25.5 Å². The van der Waals surface area contributed by atoms with Gasteiger partial charge in [0.2, 0.25) is 0 Å². The Morgan fingerprint density at radius 2 is 1.67 bits per heavy atom. The Hall–Kier alpha value is -4.95. The van der Waals surface area contributed by atoms with Crippen LogP contribution in [-0.4, -0.2) is 88.8 Å². The molecule has 13 heteroatoms. The SMILES string of the molecule is CO[C@H]1C=CC=C(C)C(=O)Nc2cc(O)c(NC(=O)c3ccc(CN(C(C)C)C(C)C)cc3)c(c2O)C=C(C)C[C@H](OC)[C@H](O)[C@@H](C)C=C(C)[C@@H]1OC(N)=O. The van der Waals surface area contributed by atoms with Gasteiger partial charge >= 0.3 is 6.09 Å². The van der Waals surface area contributed by atoms with Crippen LogP contribution >= 0.6 is 0 Å². The van der Waals surface area contributed by atoms with Crippen LogP contribution in [0.5, 0.6) is 11.5 Å². The summed E-state index contributed by atoms with van der Waals surface area (Å²) in [6.45, 7) is 16.1. The summed E-state index contributed by atoms with van der Waals surface area (Å²) >= 11 is 0. The first-order chi connectivity index (χ1) is 25.9. The Morgan fingerprint density at radius 3 is 2.24 bits per heavy atom. The number of hydrogen-bond donors (Lipinski definition) is 6. The number of allylic oxidation sites excluding steroid dienone is 2. The highest BCUT2D eigenvalue weighted by Gasteiger charge is 2.29. The molecule has 0 unspecified atom stereocenters. The molecule has 0 aliphatic carbocycles. The number of nitrogens with zero attached hydrogens (tertiary/aromatic N) is 1. The third kappa shape index (κ3) is 12.0. The number of carbonyl (C=O) groups excluding carboxylic acids is 3. The molecule has 0 aromatic heterocycles. The smallest absolute Gasteiger partial charge is 0.405 e. The van der Waals surface area contributed by atoms with E-state index in [0.29, 0.717) is 35.3 Å². The van der Waals surface area contributed by atoms with Gasteiger partial charge in [-0.3, -0.25) is 14.5 Å². The van der Waals surface area contributed by atoms with Gasteiger partial charge in [-0.25, -0.2) is 4.79 Å². The van der Waals surface area contributed by atoms with Crippen LogP contribution < -0.4 is 16.4 Å². The lowest BCUT2D eigenvalue weighted by Crippen LogP contribution is -2.36. The first-order valence-corrected chi connectivity index (χ1v) is 18.3. The van der Waals surface area contributed by atoms with E-state index in [1.165, 1.54) is 20.3 Å². The first-order valence-electron chi connectivity index (χ1n) is 18.3. The Morgan fingerprint density at radius 1 is 1.04 bits per heavy atom. The first kappa shape index (κ1) is 44.4. The van der Waals surface area contributed by atoms with Gasteiger partial charge in [-0.05, 0) is 84.2 Å². The lowest BCUT2D eigenvalue weighted by Gasteiger charge is -2.30. The number of methoxy groups -OCH3 is 2. The largest absolute Gasteiger partial charge is 0.506 e. The number of phenols is 2. The molecular weight excluding hydrogens is 704 g/mol. The zero-order valence-electron chi connectivity index (χ0n) is 33.5. The normalized spacial score (nSPS) is 21.5. The molecule has 1 aliphatic heterocycles. The average molecular weight is 763 g/mol. The molecule has 2 aromatic rings. The second-order valence-electron chi connectivity index (χ2n) is 14.6. The van der Waals surface area contributed by atoms with Crippen molar-refractivity contribution in [3.05, 3.63) is 88.0 Å². The van der Waals surface area contributed by atoms with Crippen molar-refractivity contribution in [3.63, 3.8) is 0 Å². The summed E-state index contributed by atoms with van der Waals surface area (Å²) in [5.41, 5.74) is 7.98. The number of nitrogens with one attached hydrogen (secondary N) is 2. The summed E-state index contributed by atoms with van der Waals surface area (Å²) in [5, 5.41) is 39.7. The number of hydrogen-bond acceptors (Lipinski definition) is 10. The molecule has 3 rings (SSSR count). The van der Waals surface area contributed by atoms with Gasteiger partial charge in [0.1, 0.15) is 17.6 Å². The van der Waals surface area contributed by atoms with E-state index in [1.807, 2.05) is 12.1 Å². The Balaban J connectivity index is 2.11. The minimum Gasteiger partial charge on any atom is -0.506 e. The van der Waals surface area contributed by atoms with Gasteiger partial charge in [-0.2, -0.15) is 0 Å². The van der Waals surface area contributed by atoms with Crippen molar-refractivity contribution < 1.29 is 43.9 Å². The fraction of sp³-hybridized carbons (Fsp3) is 0.452. The van der Waals surface area contributed by atoms with Crippen LogP contribution in [0.15, 0.2) is 71.4 Å². The third-order valence-corrected chi connectivity index (χ3v) is 9.64. The minimum atomic E-state index is -1.05. The number of nitrogens with two attached hydrogens (primary N) is 1. The number of benzene rings is 2. The molecule has 0 spiro atoms. The summed E-state index contributed by atoms with van der Waals surface area (Å²) in [6.07, 6.45) is 3.50. The van der Waals surface area contributed by atoms with Crippen molar-refractivity contribution in [2.24, 2.45) is 11.7 Å². The van der Waals surface area contributed by atoms with Gasteiger partial charge in [0.25, 0.3) is 11.8 Å². The summed E-state index contributed by atoms with van der Waals surface area (Å²) < 4.78 is 16.7. The Bertz CT molecular complexity index is 1790. The van der Waals surface area contributed by atoms with E-state index in [4.69, 9.17) is 19.9 Å². The molecule has 0 radical (unpaired) electrons. The maximum absolute atomic E-state index is 13.6. The van der Waals surface area contributed by atoms with E-state index < -0.39 is 59.7 Å². The number of fused-ring (bicyclic) bond motifs is 2. The van der Waals surface area contributed by atoms with Crippen molar-refractivity contribution in [2.75, 3.05) is 24.9 Å². The van der Waals surface area contributed by atoms with Crippen molar-refractivity contribution in [2.45, 2.75) is 105 Å². The van der Waals surface area contributed by atoms with Crippen LogP contribution in [0.1, 0.15) is 83.3 Å². The minimum absolute atomic E-state index is 0.0317. The van der Waals surface area contributed by atoms with E-state index in [0.717, 1.165) is 11.6 Å². The molecule has 13 nitrogen and oxygen atoms in total. The number of aliphatic hydroxyl groups excluding tert-OH is 1. The lowest BCUT2D eigenvalue weighted by molar-refractivity contribution is -0.112. The summed E-state index contributed by atoms with van der Waals surface area (Å²) in [6, 6.07) is 9.00. The van der Waals surface area contributed by atoms with Crippen LogP contribution in [0.25, 0.3) is 6.08 Å². The van der Waals surface area contributed by atoms with Gasteiger partial charge in [-0.15, -0.1) is 0 Å². The number of ether oxygens (including phenoxy) is 3. The molecule has 300 valence electrons. The topological polar surface area (TPSA) is 193 Å². The van der Waals surface area contributed by atoms with E-state index in [9.17, 15) is 29.7 Å². The average Bonchev–Trinajstić information content (AvgIpc) is 3.12. The van der Waals surface area contributed by atoms with E-state index >= 15 is 0 Å². The van der Waals surface area contributed by atoms with Crippen LogP contribution in [0.3, 0.4) is 0 Å². The molecule has 0 fully saturated rings. The monoisotopic (exact) mass is 762 g/mol. The third-order valence-electron chi connectivity index (χ3n) is 9.64. The molecule has 55 heavy (non-hydrogen) atoms. The highest BCUT2D eigenvalue weighted by Crippen LogP contribution is 2.42. The number of aromatic hydroxyl groups is 2. The predicted molar refractivity (Wildman–Crippen MR) is 215 cm³/mol. The van der Waals surface area contributed by atoms with Crippen molar-refractivity contribution in [1.82, 2.24) is 4.90 Å². The van der Waals surface area contributed by atoms with Gasteiger partial charge in [-0.1, -0.05) is 48.9 Å². The van der Waals surface area contributed by atoms with Gasteiger partial charge in [0, 0.05) is 61.5 Å². The molecule has 2 bridgehead atoms.